The predicted molar refractivity (Wildman–Crippen MR) is 153 cm³/mol. The number of carbonyl (C=O) groups is 3. The Morgan fingerprint density at radius 2 is 1.62 bits per heavy atom. The summed E-state index contributed by atoms with van der Waals surface area (Å²) < 4.78 is 17.0. The van der Waals surface area contributed by atoms with Crippen LogP contribution in [0.5, 0.6) is 17.2 Å². The first-order chi connectivity index (χ1) is 18.8. The van der Waals surface area contributed by atoms with E-state index in [2.05, 4.69) is 5.32 Å². The lowest BCUT2D eigenvalue weighted by Crippen LogP contribution is -2.32. The molecule has 39 heavy (non-hydrogen) atoms. The van der Waals surface area contributed by atoms with E-state index in [0.29, 0.717) is 45.2 Å². The molecule has 1 N–H and O–H groups in total. The molecule has 0 spiro atoms. The van der Waals surface area contributed by atoms with Crippen LogP contribution in [0, 0.1) is 0 Å². The highest BCUT2D eigenvalue weighted by Gasteiger charge is 2.34. The van der Waals surface area contributed by atoms with Gasteiger partial charge in [-0.1, -0.05) is 29.3 Å². The second kappa shape index (κ2) is 13.4. The van der Waals surface area contributed by atoms with Gasteiger partial charge in [0.25, 0.3) is 17.1 Å². The summed E-state index contributed by atoms with van der Waals surface area (Å²) in [5.74, 6) is 0.614. The third kappa shape index (κ3) is 7.92. The van der Waals surface area contributed by atoms with Crippen molar-refractivity contribution in [2.75, 3.05) is 31.7 Å². The molecular formula is C28H24Cl2N2O6S. The maximum absolute atomic E-state index is 12.9. The Bertz CT molecular complexity index is 1380. The minimum Gasteiger partial charge on any atom is -0.492 e. The second-order valence-corrected chi connectivity index (χ2v) is 9.98. The predicted octanol–water partition coefficient (Wildman–Crippen LogP) is 6.52. The van der Waals surface area contributed by atoms with Crippen molar-refractivity contribution >= 4 is 63.8 Å². The van der Waals surface area contributed by atoms with Crippen molar-refractivity contribution in [2.45, 2.75) is 6.92 Å². The fourth-order valence-corrected chi connectivity index (χ4v) is 4.62. The molecule has 0 saturated carbocycles. The number of hydrogen-bond donors (Lipinski definition) is 1. The molecule has 0 unspecified atom stereocenters. The van der Waals surface area contributed by atoms with Crippen molar-refractivity contribution in [3.8, 4) is 17.2 Å². The first-order valence-electron chi connectivity index (χ1n) is 11.9. The molecule has 0 bridgehead atoms. The number of anilines is 1. The molecule has 0 aromatic heterocycles. The summed E-state index contributed by atoms with van der Waals surface area (Å²) in [6.07, 6.45) is 1.62. The zero-order valence-electron chi connectivity index (χ0n) is 20.8. The van der Waals surface area contributed by atoms with E-state index in [1.807, 2.05) is 6.92 Å². The number of thioether (sulfide) groups is 1. The lowest BCUT2D eigenvalue weighted by molar-refractivity contribution is -0.123. The third-order valence-electron chi connectivity index (χ3n) is 5.32. The van der Waals surface area contributed by atoms with Gasteiger partial charge in [0.1, 0.15) is 12.4 Å². The summed E-state index contributed by atoms with van der Waals surface area (Å²) in [7, 11) is 0. The van der Waals surface area contributed by atoms with Gasteiger partial charge >= 0.3 is 0 Å². The Morgan fingerprint density at radius 1 is 0.923 bits per heavy atom. The van der Waals surface area contributed by atoms with E-state index in [4.69, 9.17) is 37.4 Å². The number of amides is 3. The zero-order chi connectivity index (χ0) is 27.8. The molecule has 3 aromatic carbocycles. The topological polar surface area (TPSA) is 94.2 Å². The molecule has 0 radical (unpaired) electrons. The van der Waals surface area contributed by atoms with Gasteiger partial charge in [-0.25, -0.2) is 0 Å². The number of halogens is 2. The molecule has 4 rings (SSSR count). The van der Waals surface area contributed by atoms with E-state index in [9.17, 15) is 14.4 Å². The van der Waals surface area contributed by atoms with Crippen molar-refractivity contribution in [3.05, 3.63) is 87.2 Å². The molecule has 1 fully saturated rings. The number of rotatable bonds is 11. The van der Waals surface area contributed by atoms with Gasteiger partial charge in [-0.2, -0.15) is 0 Å². The van der Waals surface area contributed by atoms with Gasteiger partial charge in [0.05, 0.1) is 18.1 Å². The molecule has 8 nitrogen and oxygen atoms in total. The van der Waals surface area contributed by atoms with Gasteiger partial charge in [0.2, 0.25) is 0 Å². The molecule has 11 heteroatoms. The van der Waals surface area contributed by atoms with Crippen molar-refractivity contribution in [1.29, 1.82) is 0 Å². The van der Waals surface area contributed by atoms with Crippen LogP contribution < -0.4 is 19.5 Å². The van der Waals surface area contributed by atoms with Gasteiger partial charge in [-0.05, 0) is 91.0 Å². The molecule has 1 heterocycles. The van der Waals surface area contributed by atoms with Crippen LogP contribution in [0.25, 0.3) is 6.08 Å². The normalized spacial score (nSPS) is 14.0. The van der Waals surface area contributed by atoms with Crippen molar-refractivity contribution in [2.24, 2.45) is 0 Å². The standard InChI is InChI=1S/C28H24Cl2N2O6S/c1-2-36-24-15-18(3-12-23(24)38-17-26(33)31-21-8-4-19(29)5-9-21)16-25-27(34)32(28(35)39-25)13-14-37-22-10-6-20(30)7-11-22/h3-12,15-16H,2,13-14,17H2,1H3,(H,31,33)/b25-16-. The van der Waals surface area contributed by atoms with Crippen molar-refractivity contribution in [3.63, 3.8) is 0 Å². The quantitative estimate of drug-likeness (QED) is 0.255. The van der Waals surface area contributed by atoms with E-state index in [1.54, 1.807) is 72.8 Å². The molecule has 1 aliphatic rings. The van der Waals surface area contributed by atoms with Crippen molar-refractivity contribution < 1.29 is 28.6 Å². The number of hydrogen-bond acceptors (Lipinski definition) is 7. The summed E-state index contributed by atoms with van der Waals surface area (Å²) in [5.41, 5.74) is 1.23. The van der Waals surface area contributed by atoms with E-state index in [0.717, 1.165) is 16.7 Å². The van der Waals surface area contributed by atoms with Crippen LogP contribution >= 0.6 is 35.0 Å². The van der Waals surface area contributed by atoms with E-state index in [1.165, 1.54) is 0 Å². The first-order valence-corrected chi connectivity index (χ1v) is 13.5. The fraction of sp³-hybridized carbons (Fsp3) is 0.179. The van der Waals surface area contributed by atoms with Gasteiger partial charge in [0, 0.05) is 15.7 Å². The number of imide groups is 1. The van der Waals surface area contributed by atoms with Gasteiger partial charge < -0.3 is 19.5 Å². The number of nitrogens with one attached hydrogen (secondary N) is 1. The monoisotopic (exact) mass is 586 g/mol. The Morgan fingerprint density at radius 3 is 2.31 bits per heavy atom. The van der Waals surface area contributed by atoms with E-state index < -0.39 is 5.91 Å². The van der Waals surface area contributed by atoms with Gasteiger partial charge in [0.15, 0.2) is 18.1 Å². The van der Waals surface area contributed by atoms with Crippen LogP contribution in [0.15, 0.2) is 71.6 Å². The molecule has 1 aliphatic heterocycles. The Hall–Kier alpha value is -3.66. The molecule has 3 aromatic rings. The maximum Gasteiger partial charge on any atom is 0.293 e. The SMILES string of the molecule is CCOc1cc(/C=C2\SC(=O)N(CCOc3ccc(Cl)cc3)C2=O)ccc1OCC(=O)Nc1ccc(Cl)cc1. The van der Waals surface area contributed by atoms with Crippen LogP contribution in [0.1, 0.15) is 12.5 Å². The van der Waals surface area contributed by atoms with Crippen LogP contribution in [0.3, 0.4) is 0 Å². The Kier molecular flexibility index (Phi) is 9.75. The van der Waals surface area contributed by atoms with Crippen LogP contribution in [0.2, 0.25) is 10.0 Å². The number of ether oxygens (including phenoxy) is 3. The molecule has 0 atom stereocenters. The van der Waals surface area contributed by atoms with E-state index >= 15 is 0 Å². The molecule has 1 saturated heterocycles. The number of carbonyl (C=O) groups excluding carboxylic acids is 3. The Balaban J connectivity index is 1.37. The highest BCUT2D eigenvalue weighted by Crippen LogP contribution is 2.34. The molecule has 3 amide bonds. The summed E-state index contributed by atoms with van der Waals surface area (Å²) in [4.78, 5) is 39.0. The maximum atomic E-state index is 12.9. The molecule has 0 aliphatic carbocycles. The number of nitrogens with zero attached hydrogens (tertiary/aromatic N) is 1. The van der Waals surface area contributed by atoms with Crippen LogP contribution in [-0.4, -0.2) is 48.3 Å². The number of benzene rings is 3. The average molecular weight is 587 g/mol. The lowest BCUT2D eigenvalue weighted by atomic mass is 10.2. The summed E-state index contributed by atoms with van der Waals surface area (Å²) in [6.45, 7) is 2.21. The zero-order valence-corrected chi connectivity index (χ0v) is 23.1. The fourth-order valence-electron chi connectivity index (χ4n) is 3.51. The van der Waals surface area contributed by atoms with Crippen LogP contribution in [0.4, 0.5) is 10.5 Å². The summed E-state index contributed by atoms with van der Waals surface area (Å²) in [5, 5.41) is 3.51. The van der Waals surface area contributed by atoms with Crippen LogP contribution in [-0.2, 0) is 9.59 Å². The minimum atomic E-state index is -0.401. The molecular weight excluding hydrogens is 563 g/mol. The van der Waals surface area contributed by atoms with Gasteiger partial charge in [-0.3, -0.25) is 19.3 Å². The minimum absolute atomic E-state index is 0.111. The summed E-state index contributed by atoms with van der Waals surface area (Å²) >= 11 is 12.6. The highest BCUT2D eigenvalue weighted by atomic mass is 35.5. The second-order valence-electron chi connectivity index (χ2n) is 8.12. The molecule has 202 valence electrons. The largest absolute Gasteiger partial charge is 0.492 e. The van der Waals surface area contributed by atoms with Crippen molar-refractivity contribution in [1.82, 2.24) is 4.90 Å². The smallest absolute Gasteiger partial charge is 0.293 e. The van der Waals surface area contributed by atoms with E-state index in [-0.39, 0.29) is 35.8 Å². The first kappa shape index (κ1) is 28.4. The average Bonchev–Trinajstić information content (AvgIpc) is 3.18. The lowest BCUT2D eigenvalue weighted by Gasteiger charge is -2.13. The third-order valence-corrected chi connectivity index (χ3v) is 6.73. The summed E-state index contributed by atoms with van der Waals surface area (Å²) in [6, 6.07) is 18.6. The highest BCUT2D eigenvalue weighted by molar-refractivity contribution is 8.18. The Labute approximate surface area is 239 Å². The van der Waals surface area contributed by atoms with Gasteiger partial charge in [-0.15, -0.1) is 0 Å².